The van der Waals surface area contributed by atoms with E-state index in [0.717, 1.165) is 18.8 Å². The first kappa shape index (κ1) is 15.0. The zero-order chi connectivity index (χ0) is 14.5. The van der Waals surface area contributed by atoms with Gasteiger partial charge in [0.2, 0.25) is 0 Å². The van der Waals surface area contributed by atoms with Gasteiger partial charge in [-0.05, 0) is 25.8 Å². The molecule has 1 aromatic rings. The summed E-state index contributed by atoms with van der Waals surface area (Å²) in [5, 5.41) is 8.02. The van der Waals surface area contributed by atoms with Crippen LogP contribution in [0.5, 0.6) is 0 Å². The molecule has 5 nitrogen and oxygen atoms in total. The number of hydrogen-bond donors (Lipinski definition) is 1. The van der Waals surface area contributed by atoms with E-state index in [9.17, 15) is 0 Å². The van der Waals surface area contributed by atoms with Crippen LogP contribution in [0.25, 0.3) is 0 Å². The topological polar surface area (TPSA) is 48.3 Å². The van der Waals surface area contributed by atoms with Crippen molar-refractivity contribution in [1.29, 1.82) is 0 Å². The van der Waals surface area contributed by atoms with Gasteiger partial charge in [-0.3, -0.25) is 4.68 Å². The fraction of sp³-hybridized carbons (Fsp3) is 0.812. The molecule has 0 aromatic carbocycles. The summed E-state index contributed by atoms with van der Waals surface area (Å²) in [6.07, 6.45) is 9.12. The largest absolute Gasteiger partial charge is 0.372 e. The molecule has 1 aliphatic carbocycles. The highest BCUT2D eigenvalue weighted by molar-refractivity contribution is 4.98. The highest BCUT2D eigenvalue weighted by Gasteiger charge is 2.19. The van der Waals surface area contributed by atoms with E-state index in [2.05, 4.69) is 34.3 Å². The van der Waals surface area contributed by atoms with Crippen molar-refractivity contribution in [2.45, 2.75) is 63.9 Å². The smallest absolute Gasteiger partial charge is 0.0936 e. The molecule has 3 rings (SSSR count). The van der Waals surface area contributed by atoms with Gasteiger partial charge in [0.05, 0.1) is 37.2 Å². The van der Waals surface area contributed by atoms with Gasteiger partial charge in [0.15, 0.2) is 0 Å². The lowest BCUT2D eigenvalue weighted by molar-refractivity contribution is -0.0720. The average molecular weight is 293 g/mol. The number of ether oxygens (including phenoxy) is 2. The third kappa shape index (κ3) is 4.28. The van der Waals surface area contributed by atoms with Crippen LogP contribution in [0.1, 0.15) is 50.8 Å². The number of nitrogens with zero attached hydrogens (tertiary/aromatic N) is 2. The molecule has 5 heteroatoms. The zero-order valence-corrected chi connectivity index (χ0v) is 13.0. The zero-order valence-electron chi connectivity index (χ0n) is 13.0. The van der Waals surface area contributed by atoms with Crippen LogP contribution in [0.15, 0.2) is 12.3 Å². The summed E-state index contributed by atoms with van der Waals surface area (Å²) in [4.78, 5) is 0. The molecule has 0 amide bonds. The fourth-order valence-corrected chi connectivity index (χ4v) is 3.27. The lowest BCUT2D eigenvalue weighted by Gasteiger charge is -2.28. The minimum absolute atomic E-state index is 0.161. The molecule has 0 radical (unpaired) electrons. The van der Waals surface area contributed by atoms with Crippen molar-refractivity contribution in [2.75, 3.05) is 19.7 Å². The normalized spacial score (nSPS) is 27.9. The second-order valence-corrected chi connectivity index (χ2v) is 6.32. The molecule has 0 spiro atoms. The summed E-state index contributed by atoms with van der Waals surface area (Å²) in [7, 11) is 0. The number of aromatic nitrogens is 2. The van der Waals surface area contributed by atoms with Gasteiger partial charge < -0.3 is 14.8 Å². The Hall–Kier alpha value is -0.910. The van der Waals surface area contributed by atoms with E-state index in [1.807, 2.05) is 0 Å². The second-order valence-electron chi connectivity index (χ2n) is 6.32. The van der Waals surface area contributed by atoms with E-state index in [1.54, 1.807) is 0 Å². The maximum atomic E-state index is 5.81. The van der Waals surface area contributed by atoms with Crippen LogP contribution in [0, 0.1) is 0 Å². The number of morpholine rings is 1. The predicted molar refractivity (Wildman–Crippen MR) is 81.2 cm³/mol. The third-order valence-corrected chi connectivity index (χ3v) is 4.39. The van der Waals surface area contributed by atoms with Crippen LogP contribution in [-0.2, 0) is 16.1 Å². The Labute approximate surface area is 127 Å². The minimum atomic E-state index is 0.161. The molecule has 1 aromatic heterocycles. The summed E-state index contributed by atoms with van der Waals surface area (Å²) in [6, 6.07) is 2.68. The van der Waals surface area contributed by atoms with Crippen LogP contribution in [0.3, 0.4) is 0 Å². The summed E-state index contributed by atoms with van der Waals surface area (Å²) in [5.74, 6) is 0. The van der Waals surface area contributed by atoms with Gasteiger partial charge >= 0.3 is 0 Å². The summed E-state index contributed by atoms with van der Waals surface area (Å²) in [6.45, 7) is 5.11. The standard InChI is InChI=1S/C16H27N3O2/c1-13-9-17-10-16(21-13)12-20-11-14-7-8-19(18-14)15-5-3-2-4-6-15/h7-8,13,15-17H,2-6,9-12H2,1H3. The quantitative estimate of drug-likeness (QED) is 0.905. The first-order valence-electron chi connectivity index (χ1n) is 8.29. The lowest BCUT2D eigenvalue weighted by Crippen LogP contribution is -2.45. The number of rotatable bonds is 5. The minimum Gasteiger partial charge on any atom is -0.372 e. The van der Waals surface area contributed by atoms with Crippen molar-refractivity contribution in [2.24, 2.45) is 0 Å². The van der Waals surface area contributed by atoms with E-state index in [0.29, 0.717) is 19.3 Å². The van der Waals surface area contributed by atoms with Crippen LogP contribution >= 0.6 is 0 Å². The van der Waals surface area contributed by atoms with Crippen molar-refractivity contribution >= 4 is 0 Å². The molecule has 2 heterocycles. The van der Waals surface area contributed by atoms with E-state index in [4.69, 9.17) is 9.47 Å². The highest BCUT2D eigenvalue weighted by Crippen LogP contribution is 2.27. The molecule has 2 aliphatic rings. The Morgan fingerprint density at radius 1 is 1.33 bits per heavy atom. The molecular weight excluding hydrogens is 266 g/mol. The Kier molecular flexibility index (Phi) is 5.27. The molecule has 118 valence electrons. The van der Waals surface area contributed by atoms with E-state index < -0.39 is 0 Å². The van der Waals surface area contributed by atoms with Gasteiger partial charge in [0.25, 0.3) is 0 Å². The maximum absolute atomic E-state index is 5.81. The van der Waals surface area contributed by atoms with Gasteiger partial charge in [-0.2, -0.15) is 5.10 Å². The SMILES string of the molecule is CC1CNCC(COCc2ccn(C3CCCCC3)n2)O1. The number of nitrogens with one attached hydrogen (secondary N) is 1. The van der Waals surface area contributed by atoms with Crippen molar-refractivity contribution in [3.8, 4) is 0 Å². The van der Waals surface area contributed by atoms with Crippen LogP contribution < -0.4 is 5.32 Å². The van der Waals surface area contributed by atoms with Crippen molar-refractivity contribution < 1.29 is 9.47 Å². The molecule has 1 N–H and O–H groups in total. The predicted octanol–water partition coefficient (Wildman–Crippen LogP) is 2.28. The Morgan fingerprint density at radius 3 is 3.00 bits per heavy atom. The Morgan fingerprint density at radius 2 is 2.19 bits per heavy atom. The van der Waals surface area contributed by atoms with E-state index >= 15 is 0 Å². The van der Waals surface area contributed by atoms with Crippen molar-refractivity contribution in [3.05, 3.63) is 18.0 Å². The first-order chi connectivity index (χ1) is 10.3. The van der Waals surface area contributed by atoms with Crippen LogP contribution in [0.4, 0.5) is 0 Å². The molecule has 1 aliphatic heterocycles. The number of hydrogen-bond acceptors (Lipinski definition) is 4. The molecule has 0 bridgehead atoms. The van der Waals surface area contributed by atoms with Gasteiger partial charge in [-0.15, -0.1) is 0 Å². The molecule has 2 unspecified atom stereocenters. The van der Waals surface area contributed by atoms with Gasteiger partial charge in [-0.25, -0.2) is 0 Å². The van der Waals surface area contributed by atoms with Crippen molar-refractivity contribution in [1.82, 2.24) is 15.1 Å². The van der Waals surface area contributed by atoms with E-state index in [1.165, 1.54) is 32.1 Å². The van der Waals surface area contributed by atoms with Crippen molar-refractivity contribution in [3.63, 3.8) is 0 Å². The van der Waals surface area contributed by atoms with Crippen LogP contribution in [-0.4, -0.2) is 41.7 Å². The van der Waals surface area contributed by atoms with Crippen LogP contribution in [0.2, 0.25) is 0 Å². The van der Waals surface area contributed by atoms with E-state index in [-0.39, 0.29) is 12.2 Å². The molecule has 1 saturated heterocycles. The Balaban J connectivity index is 1.42. The lowest BCUT2D eigenvalue weighted by atomic mass is 9.96. The van der Waals surface area contributed by atoms with Gasteiger partial charge in [-0.1, -0.05) is 19.3 Å². The van der Waals surface area contributed by atoms with Gasteiger partial charge in [0.1, 0.15) is 0 Å². The third-order valence-electron chi connectivity index (χ3n) is 4.39. The molecule has 21 heavy (non-hydrogen) atoms. The Bertz CT molecular complexity index is 429. The molecule has 2 fully saturated rings. The second kappa shape index (κ2) is 7.38. The highest BCUT2D eigenvalue weighted by atomic mass is 16.5. The summed E-state index contributed by atoms with van der Waals surface area (Å²) < 4.78 is 13.7. The molecule has 2 atom stereocenters. The average Bonchev–Trinajstić information content (AvgIpc) is 2.97. The molecule has 1 saturated carbocycles. The summed E-state index contributed by atoms with van der Waals surface area (Å²) >= 11 is 0. The fourth-order valence-electron chi connectivity index (χ4n) is 3.27. The maximum Gasteiger partial charge on any atom is 0.0936 e. The monoisotopic (exact) mass is 293 g/mol. The van der Waals surface area contributed by atoms with Gasteiger partial charge in [0, 0.05) is 19.3 Å². The summed E-state index contributed by atoms with van der Waals surface area (Å²) in [5.41, 5.74) is 1.03. The molecular formula is C16H27N3O2. The first-order valence-corrected chi connectivity index (χ1v) is 8.29.